The van der Waals surface area contributed by atoms with Crippen molar-refractivity contribution in [1.82, 2.24) is 0 Å². The third-order valence-electron chi connectivity index (χ3n) is 11.0. The van der Waals surface area contributed by atoms with Crippen LogP contribution in [0.2, 0.25) is 0 Å². The highest BCUT2D eigenvalue weighted by molar-refractivity contribution is 7.26. The van der Waals surface area contributed by atoms with Gasteiger partial charge in [0.1, 0.15) is 0 Å². The van der Waals surface area contributed by atoms with E-state index in [-0.39, 0.29) is 0 Å². The largest absolute Gasteiger partial charge is 0.310 e. The topological polar surface area (TPSA) is 3.24 Å². The van der Waals surface area contributed by atoms with E-state index < -0.39 is 0 Å². The van der Waals surface area contributed by atoms with Crippen LogP contribution in [0.25, 0.3) is 85.5 Å². The Balaban J connectivity index is 1.16. The van der Waals surface area contributed by atoms with Crippen molar-refractivity contribution in [1.29, 1.82) is 0 Å². The summed E-state index contributed by atoms with van der Waals surface area (Å²) in [7, 11) is 0. The maximum absolute atomic E-state index is 2.43. The zero-order valence-corrected chi connectivity index (χ0v) is 30.2. The van der Waals surface area contributed by atoms with Crippen molar-refractivity contribution < 1.29 is 0 Å². The summed E-state index contributed by atoms with van der Waals surface area (Å²) in [5.74, 6) is 0. The van der Waals surface area contributed by atoms with Crippen molar-refractivity contribution in [3.8, 4) is 22.3 Å². The molecule has 252 valence electrons. The molecule has 0 N–H and O–H groups in total. The molecular weight excluding hydrogens is 671 g/mol. The lowest BCUT2D eigenvalue weighted by atomic mass is 9.84. The predicted molar refractivity (Wildman–Crippen MR) is 235 cm³/mol. The third-order valence-corrected chi connectivity index (χ3v) is 12.2. The Hall–Kier alpha value is -6.74. The first kappa shape index (κ1) is 30.8. The molecule has 0 aliphatic heterocycles. The number of nitrogens with zero attached hydrogens (tertiary/aromatic N) is 1. The van der Waals surface area contributed by atoms with Crippen molar-refractivity contribution in [3.05, 3.63) is 200 Å². The van der Waals surface area contributed by atoms with Gasteiger partial charge in [-0.25, -0.2) is 0 Å². The van der Waals surface area contributed by atoms with Crippen molar-refractivity contribution >= 4 is 91.7 Å². The second-order valence-electron chi connectivity index (χ2n) is 14.1. The molecule has 0 atom stereocenters. The van der Waals surface area contributed by atoms with Crippen LogP contribution in [0.3, 0.4) is 0 Å². The Morgan fingerprint density at radius 2 is 0.852 bits per heavy atom. The first-order valence-electron chi connectivity index (χ1n) is 18.5. The van der Waals surface area contributed by atoms with E-state index in [2.05, 4.69) is 205 Å². The Morgan fingerprint density at radius 3 is 1.57 bits per heavy atom. The standard InChI is InChI=1S/C52H33NS/c1-3-16-39(17-4-1)53(40-18-5-2-6-19-40)41-29-28-36-30-38(27-26-37(36)31-41)50-43-21-9-10-22-44(43)51(48-33-35-15-8-7-14-34(35)32-47(48)50)46-24-13-23-45-42-20-11-12-25-49(42)54-52(45)46/h1-33H. The fourth-order valence-corrected chi connectivity index (χ4v) is 9.76. The first-order chi connectivity index (χ1) is 26.8. The van der Waals surface area contributed by atoms with Crippen LogP contribution in [0.5, 0.6) is 0 Å². The predicted octanol–water partition coefficient (Wildman–Crippen LogP) is 15.5. The molecule has 0 saturated carbocycles. The van der Waals surface area contributed by atoms with E-state index in [1.165, 1.54) is 85.5 Å². The first-order valence-corrected chi connectivity index (χ1v) is 19.3. The highest BCUT2D eigenvalue weighted by Crippen LogP contribution is 2.49. The second-order valence-corrected chi connectivity index (χ2v) is 15.1. The van der Waals surface area contributed by atoms with Gasteiger partial charge in [-0.2, -0.15) is 0 Å². The molecule has 0 spiro atoms. The number of hydrogen-bond donors (Lipinski definition) is 0. The molecule has 2 heteroatoms. The van der Waals surface area contributed by atoms with Crippen LogP contribution in [0.4, 0.5) is 17.1 Å². The Kier molecular flexibility index (Phi) is 7.11. The van der Waals surface area contributed by atoms with Crippen molar-refractivity contribution in [2.45, 2.75) is 0 Å². The molecule has 1 aromatic heterocycles. The van der Waals surface area contributed by atoms with Gasteiger partial charge in [0.25, 0.3) is 0 Å². The Morgan fingerprint density at radius 1 is 0.315 bits per heavy atom. The van der Waals surface area contributed by atoms with E-state index in [0.717, 1.165) is 17.1 Å². The second kappa shape index (κ2) is 12.4. The zero-order chi connectivity index (χ0) is 35.6. The van der Waals surface area contributed by atoms with Gasteiger partial charge in [0.15, 0.2) is 0 Å². The van der Waals surface area contributed by atoms with Gasteiger partial charge in [-0.3, -0.25) is 0 Å². The fourth-order valence-electron chi connectivity index (χ4n) is 8.54. The molecule has 0 unspecified atom stereocenters. The van der Waals surface area contributed by atoms with E-state index in [9.17, 15) is 0 Å². The third kappa shape index (κ3) is 4.92. The minimum absolute atomic E-state index is 1.13. The average molecular weight is 704 g/mol. The minimum atomic E-state index is 1.13. The monoisotopic (exact) mass is 703 g/mol. The van der Waals surface area contributed by atoms with Gasteiger partial charge in [0, 0.05) is 42.8 Å². The summed E-state index contributed by atoms with van der Waals surface area (Å²) in [6.45, 7) is 0. The maximum atomic E-state index is 2.43. The molecule has 0 fully saturated rings. The summed E-state index contributed by atoms with van der Waals surface area (Å²) in [4.78, 5) is 2.33. The Bertz CT molecular complexity index is 3170. The summed E-state index contributed by atoms with van der Waals surface area (Å²) < 4.78 is 2.67. The average Bonchev–Trinajstić information content (AvgIpc) is 3.62. The number of anilines is 3. The lowest BCUT2D eigenvalue weighted by Gasteiger charge is -2.25. The van der Waals surface area contributed by atoms with Crippen LogP contribution in [-0.2, 0) is 0 Å². The molecule has 0 saturated heterocycles. The Labute approximate surface area is 317 Å². The highest BCUT2D eigenvalue weighted by atomic mass is 32.1. The normalized spacial score (nSPS) is 11.7. The summed E-state index contributed by atoms with van der Waals surface area (Å²) in [5.41, 5.74) is 8.51. The molecular formula is C52H33NS. The molecule has 1 nitrogen and oxygen atoms in total. The number of thiophene rings is 1. The van der Waals surface area contributed by atoms with Gasteiger partial charge in [-0.1, -0.05) is 140 Å². The van der Waals surface area contributed by atoms with E-state index in [1.54, 1.807) is 0 Å². The highest BCUT2D eigenvalue weighted by Gasteiger charge is 2.21. The van der Waals surface area contributed by atoms with Gasteiger partial charge in [0.2, 0.25) is 0 Å². The van der Waals surface area contributed by atoms with Gasteiger partial charge in [0.05, 0.1) is 0 Å². The van der Waals surface area contributed by atoms with Gasteiger partial charge < -0.3 is 4.90 Å². The van der Waals surface area contributed by atoms with Crippen molar-refractivity contribution in [2.24, 2.45) is 0 Å². The lowest BCUT2D eigenvalue weighted by Crippen LogP contribution is -2.09. The lowest BCUT2D eigenvalue weighted by molar-refractivity contribution is 1.29. The van der Waals surface area contributed by atoms with Crippen LogP contribution < -0.4 is 4.90 Å². The van der Waals surface area contributed by atoms with Crippen LogP contribution >= 0.6 is 11.3 Å². The molecule has 10 aromatic carbocycles. The molecule has 0 aliphatic rings. The number of hydrogen-bond acceptors (Lipinski definition) is 2. The van der Waals surface area contributed by atoms with E-state index in [0.29, 0.717) is 0 Å². The van der Waals surface area contributed by atoms with E-state index >= 15 is 0 Å². The van der Waals surface area contributed by atoms with E-state index in [4.69, 9.17) is 0 Å². The summed E-state index contributed by atoms with van der Waals surface area (Å²) in [6.07, 6.45) is 0. The minimum Gasteiger partial charge on any atom is -0.310 e. The molecule has 1 heterocycles. The molecule has 0 amide bonds. The van der Waals surface area contributed by atoms with Crippen LogP contribution in [-0.4, -0.2) is 0 Å². The summed E-state index contributed by atoms with van der Waals surface area (Å²) in [6, 6.07) is 73.4. The van der Waals surface area contributed by atoms with Gasteiger partial charge in [-0.05, 0) is 120 Å². The molecule has 0 bridgehead atoms. The van der Waals surface area contributed by atoms with Crippen LogP contribution in [0.15, 0.2) is 200 Å². The van der Waals surface area contributed by atoms with Gasteiger partial charge >= 0.3 is 0 Å². The quantitative estimate of drug-likeness (QED) is 0.161. The van der Waals surface area contributed by atoms with Crippen LogP contribution in [0.1, 0.15) is 0 Å². The van der Waals surface area contributed by atoms with Gasteiger partial charge in [-0.15, -0.1) is 11.3 Å². The number of fused-ring (bicyclic) bond motifs is 7. The molecule has 54 heavy (non-hydrogen) atoms. The summed E-state index contributed by atoms with van der Waals surface area (Å²) >= 11 is 1.90. The number of rotatable bonds is 5. The van der Waals surface area contributed by atoms with Crippen molar-refractivity contribution in [2.75, 3.05) is 4.90 Å². The summed E-state index contributed by atoms with van der Waals surface area (Å²) in [5, 5.41) is 12.7. The van der Waals surface area contributed by atoms with Crippen LogP contribution in [0, 0.1) is 0 Å². The molecule has 0 aliphatic carbocycles. The van der Waals surface area contributed by atoms with E-state index in [1.807, 2.05) is 11.3 Å². The fraction of sp³-hybridized carbons (Fsp3) is 0. The smallest absolute Gasteiger partial charge is 0.0468 e. The number of para-hydroxylation sites is 2. The molecule has 11 rings (SSSR count). The maximum Gasteiger partial charge on any atom is 0.0468 e. The molecule has 11 aromatic rings. The zero-order valence-electron chi connectivity index (χ0n) is 29.4. The number of benzene rings is 10. The SMILES string of the molecule is c1ccc(N(c2ccccc2)c2ccc3cc(-c4c5ccccc5c(-c5cccc6c5sc5ccccc56)c5cc6ccccc6cc45)ccc3c2)cc1. The molecule has 0 radical (unpaired) electrons. The van der Waals surface area contributed by atoms with Crippen molar-refractivity contribution in [3.63, 3.8) is 0 Å².